The van der Waals surface area contributed by atoms with Crippen molar-refractivity contribution in [1.82, 2.24) is 0 Å². The Kier molecular flexibility index (Phi) is 4.31. The number of halogens is 1. The molecule has 0 aliphatic carbocycles. The molecule has 0 aromatic heterocycles. The summed E-state index contributed by atoms with van der Waals surface area (Å²) in [7, 11) is 0. The fraction of sp³-hybridized carbons (Fsp3) is 0.273. The van der Waals surface area contributed by atoms with E-state index in [0.717, 1.165) is 5.56 Å². The van der Waals surface area contributed by atoms with Gasteiger partial charge in [-0.3, -0.25) is 9.59 Å². The van der Waals surface area contributed by atoms with E-state index in [9.17, 15) is 9.59 Å². The Labute approximate surface area is 98.6 Å². The third-order valence-corrected chi connectivity index (χ3v) is 2.45. The number of benzene rings is 1. The van der Waals surface area contributed by atoms with Gasteiger partial charge in [-0.15, -0.1) is 0 Å². The van der Waals surface area contributed by atoms with Gasteiger partial charge >= 0.3 is 0 Å². The largest absolute Gasteiger partial charge is 0.370 e. The average molecular weight is 241 g/mol. The van der Waals surface area contributed by atoms with Crippen molar-refractivity contribution < 1.29 is 9.59 Å². The summed E-state index contributed by atoms with van der Waals surface area (Å²) in [5, 5.41) is 0.552. The smallest absolute Gasteiger partial charge is 0.218 e. The Morgan fingerprint density at radius 2 is 1.75 bits per heavy atom. The molecule has 0 radical (unpaired) electrons. The van der Waals surface area contributed by atoms with Crippen molar-refractivity contribution in [3.63, 3.8) is 0 Å². The van der Waals surface area contributed by atoms with Crippen molar-refractivity contribution in [3.8, 4) is 0 Å². The van der Waals surface area contributed by atoms with E-state index in [0.29, 0.717) is 5.02 Å². The van der Waals surface area contributed by atoms with Gasteiger partial charge in [0, 0.05) is 23.8 Å². The van der Waals surface area contributed by atoms with Gasteiger partial charge in [-0.1, -0.05) is 23.7 Å². The van der Waals surface area contributed by atoms with E-state index >= 15 is 0 Å². The summed E-state index contributed by atoms with van der Waals surface area (Å²) in [6.07, 6.45) is 0.173. The lowest BCUT2D eigenvalue weighted by atomic mass is 9.92. The first kappa shape index (κ1) is 12.5. The van der Waals surface area contributed by atoms with Gasteiger partial charge in [0.1, 0.15) is 0 Å². The Balaban J connectivity index is 2.90. The molecule has 16 heavy (non-hydrogen) atoms. The summed E-state index contributed by atoms with van der Waals surface area (Å²) in [6.45, 7) is 0. The van der Waals surface area contributed by atoms with Crippen LogP contribution in [-0.4, -0.2) is 11.8 Å². The van der Waals surface area contributed by atoms with E-state index in [1.54, 1.807) is 24.3 Å². The molecule has 0 heterocycles. The molecular weight excluding hydrogens is 228 g/mol. The molecule has 0 aliphatic rings. The molecular formula is C11H13ClN2O2. The molecule has 1 aromatic carbocycles. The average Bonchev–Trinajstić information content (AvgIpc) is 2.15. The van der Waals surface area contributed by atoms with Gasteiger partial charge in [-0.25, -0.2) is 0 Å². The lowest BCUT2D eigenvalue weighted by Crippen LogP contribution is -2.20. The summed E-state index contributed by atoms with van der Waals surface area (Å²) < 4.78 is 0. The van der Waals surface area contributed by atoms with Crippen LogP contribution in [-0.2, 0) is 9.59 Å². The molecule has 0 atom stereocenters. The van der Waals surface area contributed by atoms with Crippen molar-refractivity contribution in [2.75, 3.05) is 0 Å². The molecule has 0 aliphatic heterocycles. The maximum Gasteiger partial charge on any atom is 0.218 e. The highest BCUT2D eigenvalue weighted by molar-refractivity contribution is 6.30. The first-order valence-corrected chi connectivity index (χ1v) is 5.19. The van der Waals surface area contributed by atoms with E-state index in [1.807, 2.05) is 0 Å². The Hall–Kier alpha value is -1.55. The number of carbonyl (C=O) groups is 2. The van der Waals surface area contributed by atoms with Gasteiger partial charge < -0.3 is 11.5 Å². The molecule has 86 valence electrons. The summed E-state index contributed by atoms with van der Waals surface area (Å²) in [4.78, 5) is 21.8. The summed E-state index contributed by atoms with van der Waals surface area (Å²) in [5.74, 6) is -1.23. The van der Waals surface area contributed by atoms with Crippen molar-refractivity contribution >= 4 is 23.4 Å². The highest BCUT2D eigenvalue weighted by atomic mass is 35.5. The van der Waals surface area contributed by atoms with Crippen LogP contribution < -0.4 is 11.5 Å². The maximum atomic E-state index is 10.9. The first-order valence-electron chi connectivity index (χ1n) is 4.81. The van der Waals surface area contributed by atoms with Crippen LogP contribution in [0.3, 0.4) is 0 Å². The molecule has 4 nitrogen and oxygen atoms in total. The van der Waals surface area contributed by atoms with Crippen molar-refractivity contribution in [2.24, 2.45) is 11.5 Å². The predicted molar refractivity (Wildman–Crippen MR) is 61.8 cm³/mol. The molecule has 0 spiro atoms. The number of hydrogen-bond acceptors (Lipinski definition) is 2. The molecule has 1 aromatic rings. The highest BCUT2D eigenvalue weighted by Crippen LogP contribution is 2.25. The molecule has 5 heteroatoms. The van der Waals surface area contributed by atoms with Crippen LogP contribution in [0, 0.1) is 0 Å². The second-order valence-corrected chi connectivity index (χ2v) is 4.03. The molecule has 0 saturated heterocycles. The van der Waals surface area contributed by atoms with Crippen molar-refractivity contribution in [2.45, 2.75) is 18.8 Å². The van der Waals surface area contributed by atoms with Gasteiger partial charge in [0.2, 0.25) is 11.8 Å². The van der Waals surface area contributed by atoms with E-state index in [4.69, 9.17) is 23.1 Å². The molecule has 2 amide bonds. The van der Waals surface area contributed by atoms with Gasteiger partial charge in [0.25, 0.3) is 0 Å². The van der Waals surface area contributed by atoms with Gasteiger partial charge in [0.15, 0.2) is 0 Å². The fourth-order valence-electron chi connectivity index (χ4n) is 1.55. The molecule has 0 fully saturated rings. The topological polar surface area (TPSA) is 86.2 Å². The molecule has 4 N–H and O–H groups in total. The van der Waals surface area contributed by atoms with E-state index < -0.39 is 11.8 Å². The minimum atomic E-state index is -0.466. The third-order valence-electron chi connectivity index (χ3n) is 2.22. The standard InChI is InChI=1S/C11H13ClN2O2/c12-9-3-1-2-7(4-9)8(5-10(13)15)6-11(14)16/h1-4,8H,5-6H2,(H2,13,15)(H2,14,16). The Morgan fingerprint density at radius 1 is 1.19 bits per heavy atom. The zero-order valence-corrected chi connectivity index (χ0v) is 9.41. The van der Waals surface area contributed by atoms with Crippen molar-refractivity contribution in [3.05, 3.63) is 34.9 Å². The highest BCUT2D eigenvalue weighted by Gasteiger charge is 2.17. The molecule has 0 bridgehead atoms. The van der Waals surface area contributed by atoms with Gasteiger partial charge in [0.05, 0.1) is 0 Å². The number of carbonyl (C=O) groups excluding carboxylic acids is 2. The second-order valence-electron chi connectivity index (χ2n) is 3.59. The summed E-state index contributed by atoms with van der Waals surface area (Å²) >= 11 is 5.83. The van der Waals surface area contributed by atoms with Crippen LogP contribution in [0.1, 0.15) is 24.3 Å². The van der Waals surface area contributed by atoms with Crippen LogP contribution >= 0.6 is 11.6 Å². The lowest BCUT2D eigenvalue weighted by Gasteiger charge is -2.13. The summed E-state index contributed by atoms with van der Waals surface area (Å²) in [5.41, 5.74) is 11.0. The zero-order chi connectivity index (χ0) is 12.1. The van der Waals surface area contributed by atoms with Crippen LogP contribution in [0.25, 0.3) is 0 Å². The second kappa shape index (κ2) is 5.51. The van der Waals surface area contributed by atoms with Gasteiger partial charge in [-0.05, 0) is 17.7 Å². The van der Waals surface area contributed by atoms with E-state index in [-0.39, 0.29) is 18.8 Å². The molecule has 0 saturated carbocycles. The Bertz CT molecular complexity index is 391. The zero-order valence-electron chi connectivity index (χ0n) is 8.65. The van der Waals surface area contributed by atoms with Crippen LogP contribution in [0.15, 0.2) is 24.3 Å². The molecule has 1 rings (SSSR count). The normalized spacial score (nSPS) is 10.4. The summed E-state index contributed by atoms with van der Waals surface area (Å²) in [6, 6.07) is 6.98. The minimum Gasteiger partial charge on any atom is -0.370 e. The lowest BCUT2D eigenvalue weighted by molar-refractivity contribution is -0.119. The first-order chi connectivity index (χ1) is 7.49. The number of rotatable bonds is 5. The monoisotopic (exact) mass is 240 g/mol. The van der Waals surface area contributed by atoms with E-state index in [1.165, 1.54) is 0 Å². The SMILES string of the molecule is NC(=O)CC(CC(N)=O)c1cccc(Cl)c1. The number of primary amides is 2. The fourth-order valence-corrected chi connectivity index (χ4v) is 1.75. The van der Waals surface area contributed by atoms with E-state index in [2.05, 4.69) is 0 Å². The van der Waals surface area contributed by atoms with Gasteiger partial charge in [-0.2, -0.15) is 0 Å². The van der Waals surface area contributed by atoms with Crippen molar-refractivity contribution in [1.29, 1.82) is 0 Å². The van der Waals surface area contributed by atoms with Crippen LogP contribution in [0.4, 0.5) is 0 Å². The third kappa shape index (κ3) is 3.90. The Morgan fingerprint density at radius 3 is 2.19 bits per heavy atom. The molecule has 0 unspecified atom stereocenters. The van der Waals surface area contributed by atoms with Crippen LogP contribution in [0.2, 0.25) is 5.02 Å². The number of hydrogen-bond donors (Lipinski definition) is 2. The predicted octanol–water partition coefficient (Wildman–Crippen LogP) is 1.17. The quantitative estimate of drug-likeness (QED) is 0.810. The number of nitrogens with two attached hydrogens (primary N) is 2. The minimum absolute atomic E-state index is 0.0866. The van der Waals surface area contributed by atoms with Crippen LogP contribution in [0.5, 0.6) is 0 Å². The maximum absolute atomic E-state index is 10.9. The number of amides is 2.